The van der Waals surface area contributed by atoms with Crippen LogP contribution in [-0.4, -0.2) is 123 Å². The van der Waals surface area contributed by atoms with Crippen LogP contribution in [0, 0.1) is 10.8 Å². The average Bonchev–Trinajstić information content (AvgIpc) is 2.78. The van der Waals surface area contributed by atoms with Crippen molar-refractivity contribution in [3.8, 4) is 0 Å². The van der Waals surface area contributed by atoms with E-state index in [0.29, 0.717) is 79.3 Å². The third kappa shape index (κ3) is 27.0. The van der Waals surface area contributed by atoms with Gasteiger partial charge in [-0.2, -0.15) is 0 Å². The van der Waals surface area contributed by atoms with E-state index >= 15 is 0 Å². The summed E-state index contributed by atoms with van der Waals surface area (Å²) >= 11 is 0. The fraction of sp³-hybridized carbons (Fsp3) is 1.00. The van der Waals surface area contributed by atoms with E-state index in [-0.39, 0.29) is 16.5 Å². The fourth-order valence-electron chi connectivity index (χ4n) is 2.90. The summed E-state index contributed by atoms with van der Waals surface area (Å²) in [5.41, 5.74) is 0.230. The van der Waals surface area contributed by atoms with E-state index in [1.54, 1.807) is 0 Å². The standard InChI is InChI=1S/C28H60N2O7/c1-26(2,3)24-36-22-20-34-17-15-32-13-11-30(9)28(7,8)29-10-12-31-14-16-33-18-19-35-21-23-37-25-27(4,5)6/h29H,10-25H2,1-9H3. The Morgan fingerprint density at radius 1 is 0.459 bits per heavy atom. The Labute approximate surface area is 228 Å². The van der Waals surface area contributed by atoms with Crippen LogP contribution in [0.15, 0.2) is 0 Å². The molecule has 0 atom stereocenters. The molecule has 0 aliphatic rings. The zero-order chi connectivity index (χ0) is 28.0. The van der Waals surface area contributed by atoms with E-state index in [1.807, 2.05) is 0 Å². The van der Waals surface area contributed by atoms with Gasteiger partial charge in [0.05, 0.1) is 98.2 Å². The van der Waals surface area contributed by atoms with Gasteiger partial charge in [0.1, 0.15) is 0 Å². The van der Waals surface area contributed by atoms with Gasteiger partial charge >= 0.3 is 0 Å². The van der Waals surface area contributed by atoms with Gasteiger partial charge in [0.15, 0.2) is 0 Å². The quantitative estimate of drug-likeness (QED) is 0.139. The Hall–Kier alpha value is -0.360. The Morgan fingerprint density at radius 3 is 1.16 bits per heavy atom. The van der Waals surface area contributed by atoms with E-state index in [0.717, 1.165) is 26.3 Å². The lowest BCUT2D eigenvalue weighted by atomic mass is 9.99. The third-order valence-electron chi connectivity index (χ3n) is 5.26. The van der Waals surface area contributed by atoms with Crippen molar-refractivity contribution in [2.75, 3.05) is 113 Å². The lowest BCUT2D eigenvalue weighted by Crippen LogP contribution is -2.54. The summed E-state index contributed by atoms with van der Waals surface area (Å²) < 4.78 is 39.1. The first kappa shape index (κ1) is 36.6. The highest BCUT2D eigenvalue weighted by molar-refractivity contribution is 4.76. The molecule has 1 N–H and O–H groups in total. The second-order valence-electron chi connectivity index (χ2n) is 12.2. The van der Waals surface area contributed by atoms with Gasteiger partial charge in [-0.25, -0.2) is 0 Å². The summed E-state index contributed by atoms with van der Waals surface area (Å²) in [5, 5.41) is 3.53. The zero-order valence-corrected chi connectivity index (χ0v) is 25.6. The van der Waals surface area contributed by atoms with Crippen LogP contribution in [0.1, 0.15) is 55.4 Å². The maximum Gasteiger partial charge on any atom is 0.0701 e. The molecule has 0 rings (SSSR count). The smallest absolute Gasteiger partial charge is 0.0701 e. The minimum atomic E-state index is -0.155. The van der Waals surface area contributed by atoms with Crippen molar-refractivity contribution in [1.29, 1.82) is 0 Å². The molecule has 0 spiro atoms. The first-order chi connectivity index (χ1) is 17.3. The van der Waals surface area contributed by atoms with Crippen LogP contribution in [0.2, 0.25) is 0 Å². The predicted molar refractivity (Wildman–Crippen MR) is 149 cm³/mol. The van der Waals surface area contributed by atoms with Crippen molar-refractivity contribution in [3.63, 3.8) is 0 Å². The maximum absolute atomic E-state index is 5.71. The molecule has 0 aliphatic carbocycles. The Morgan fingerprint density at radius 2 is 0.784 bits per heavy atom. The summed E-state index contributed by atoms with van der Waals surface area (Å²) in [4.78, 5) is 2.24. The first-order valence-corrected chi connectivity index (χ1v) is 13.8. The molecule has 0 unspecified atom stereocenters. The lowest BCUT2D eigenvalue weighted by Gasteiger charge is -2.36. The Kier molecular flexibility index (Phi) is 21.3. The number of ether oxygens (including phenoxy) is 7. The average molecular weight is 537 g/mol. The van der Waals surface area contributed by atoms with Crippen molar-refractivity contribution in [3.05, 3.63) is 0 Å². The molecule has 224 valence electrons. The van der Waals surface area contributed by atoms with Gasteiger partial charge in [-0.05, 0) is 31.7 Å². The highest BCUT2D eigenvalue weighted by Crippen LogP contribution is 2.13. The van der Waals surface area contributed by atoms with E-state index < -0.39 is 0 Å². The molecule has 0 fully saturated rings. The van der Waals surface area contributed by atoms with Crippen LogP contribution in [0.4, 0.5) is 0 Å². The summed E-state index contributed by atoms with van der Waals surface area (Å²) in [6.07, 6.45) is 0. The number of hydrogen-bond acceptors (Lipinski definition) is 9. The summed E-state index contributed by atoms with van der Waals surface area (Å²) in [7, 11) is 2.09. The van der Waals surface area contributed by atoms with Crippen LogP contribution in [0.3, 0.4) is 0 Å². The Balaban J connectivity index is 3.49. The first-order valence-electron chi connectivity index (χ1n) is 13.8. The molecular weight excluding hydrogens is 476 g/mol. The molecule has 9 heteroatoms. The van der Waals surface area contributed by atoms with Gasteiger partial charge in [-0.15, -0.1) is 0 Å². The van der Waals surface area contributed by atoms with Gasteiger partial charge in [-0.1, -0.05) is 41.5 Å². The summed E-state index contributed by atoms with van der Waals surface area (Å²) in [6.45, 7) is 27.5. The summed E-state index contributed by atoms with van der Waals surface area (Å²) in [5.74, 6) is 0. The van der Waals surface area contributed by atoms with Gasteiger partial charge in [0.2, 0.25) is 0 Å². The molecule has 0 aliphatic heterocycles. The van der Waals surface area contributed by atoms with Crippen molar-refractivity contribution >= 4 is 0 Å². The molecule has 0 aromatic rings. The molecule has 0 bridgehead atoms. The van der Waals surface area contributed by atoms with Crippen LogP contribution in [0.5, 0.6) is 0 Å². The SMILES string of the molecule is CN(CCOCCOCCOCC(C)(C)C)C(C)(C)NCCOCCOCCOCCOCC(C)(C)C. The number of hydrogen-bond donors (Lipinski definition) is 1. The third-order valence-corrected chi connectivity index (χ3v) is 5.26. The van der Waals surface area contributed by atoms with Crippen LogP contribution < -0.4 is 5.32 Å². The predicted octanol–water partition coefficient (Wildman–Crippen LogP) is 3.45. The molecule has 9 nitrogen and oxygen atoms in total. The van der Waals surface area contributed by atoms with E-state index in [4.69, 9.17) is 33.2 Å². The highest BCUT2D eigenvalue weighted by atomic mass is 16.6. The van der Waals surface area contributed by atoms with Crippen LogP contribution >= 0.6 is 0 Å². The van der Waals surface area contributed by atoms with Crippen molar-refractivity contribution in [2.45, 2.75) is 61.1 Å². The minimum Gasteiger partial charge on any atom is -0.379 e. The number of nitrogens with zero attached hydrogens (tertiary/aromatic N) is 1. The summed E-state index contributed by atoms with van der Waals surface area (Å²) in [6, 6.07) is 0. The second-order valence-corrected chi connectivity index (χ2v) is 12.2. The molecular formula is C28H60N2O7. The van der Waals surface area contributed by atoms with Gasteiger partial charge in [0, 0.05) is 13.1 Å². The number of rotatable bonds is 25. The number of likely N-dealkylation sites (N-methyl/N-ethyl adjacent to an activating group) is 1. The maximum atomic E-state index is 5.71. The largest absolute Gasteiger partial charge is 0.379 e. The molecule has 37 heavy (non-hydrogen) atoms. The van der Waals surface area contributed by atoms with Gasteiger partial charge in [0.25, 0.3) is 0 Å². The van der Waals surface area contributed by atoms with Crippen molar-refractivity contribution in [2.24, 2.45) is 10.8 Å². The molecule has 0 saturated carbocycles. The molecule has 0 aromatic heterocycles. The second kappa shape index (κ2) is 21.5. The highest BCUT2D eigenvalue weighted by Gasteiger charge is 2.22. The van der Waals surface area contributed by atoms with Crippen molar-refractivity contribution < 1.29 is 33.2 Å². The molecule has 0 saturated heterocycles. The molecule has 0 heterocycles. The van der Waals surface area contributed by atoms with Crippen LogP contribution in [0.25, 0.3) is 0 Å². The molecule has 0 aromatic carbocycles. The van der Waals surface area contributed by atoms with Crippen molar-refractivity contribution in [1.82, 2.24) is 10.2 Å². The van der Waals surface area contributed by atoms with Crippen LogP contribution in [-0.2, 0) is 33.2 Å². The topological polar surface area (TPSA) is 79.9 Å². The van der Waals surface area contributed by atoms with Gasteiger partial charge in [-0.3, -0.25) is 10.2 Å². The van der Waals surface area contributed by atoms with E-state index in [9.17, 15) is 0 Å². The van der Waals surface area contributed by atoms with E-state index in [1.165, 1.54) is 0 Å². The van der Waals surface area contributed by atoms with Gasteiger partial charge < -0.3 is 33.2 Å². The lowest BCUT2D eigenvalue weighted by molar-refractivity contribution is -0.0126. The monoisotopic (exact) mass is 536 g/mol. The number of nitrogens with one attached hydrogen (secondary N) is 1. The Bertz CT molecular complexity index is 508. The molecule has 0 radical (unpaired) electrons. The fourth-order valence-corrected chi connectivity index (χ4v) is 2.90. The normalized spacial score (nSPS) is 13.1. The minimum absolute atomic E-state index is 0.155. The van der Waals surface area contributed by atoms with E-state index in [2.05, 4.69) is 72.7 Å². The molecule has 0 amide bonds. The zero-order valence-electron chi connectivity index (χ0n) is 25.6.